The maximum absolute atomic E-state index is 12.5. The second-order valence-electron chi connectivity index (χ2n) is 3.78. The Bertz CT molecular complexity index is 246. The van der Waals surface area contributed by atoms with E-state index in [0.717, 1.165) is 30.7 Å². The van der Waals surface area contributed by atoms with Gasteiger partial charge in [-0.2, -0.15) is 0 Å². The van der Waals surface area contributed by atoms with E-state index in [4.69, 9.17) is 4.74 Å². The summed E-state index contributed by atoms with van der Waals surface area (Å²) in [5.74, 6) is 0.912. The third-order valence-electron chi connectivity index (χ3n) is 2.38. The van der Waals surface area contributed by atoms with Crippen molar-refractivity contribution in [3.8, 4) is 0 Å². The highest BCUT2D eigenvalue weighted by Gasteiger charge is 2.08. The molecule has 0 bridgehead atoms. The zero-order chi connectivity index (χ0) is 11.1. The number of nitrogens with one attached hydrogen (secondary N) is 1. The van der Waals surface area contributed by atoms with E-state index in [9.17, 15) is 4.39 Å². The predicted octanol–water partition coefficient (Wildman–Crippen LogP) is 2.92. The van der Waals surface area contributed by atoms with Crippen LogP contribution < -0.4 is 5.32 Å². The molecule has 1 rings (SSSR count). The van der Waals surface area contributed by atoms with Gasteiger partial charge in [-0.25, -0.2) is 4.39 Å². The Hall–Kier alpha value is -0.990. The average Bonchev–Trinajstić information content (AvgIpc) is 2.24. The molecule has 0 spiro atoms. The molecule has 1 aliphatic carbocycles. The lowest BCUT2D eigenvalue weighted by Crippen LogP contribution is -2.13. The van der Waals surface area contributed by atoms with Crippen molar-refractivity contribution < 1.29 is 9.13 Å². The van der Waals surface area contributed by atoms with Gasteiger partial charge in [0.1, 0.15) is 5.76 Å². The second kappa shape index (κ2) is 6.49. The topological polar surface area (TPSA) is 21.3 Å². The summed E-state index contributed by atoms with van der Waals surface area (Å²) in [6.07, 6.45) is 6.92. The average molecular weight is 213 g/mol. The molecule has 2 nitrogen and oxygen atoms in total. The smallest absolute Gasteiger partial charge is 0.138 e. The van der Waals surface area contributed by atoms with Crippen LogP contribution in [0.4, 0.5) is 4.39 Å². The molecule has 0 aromatic carbocycles. The normalized spacial score (nSPS) is 17.8. The first kappa shape index (κ1) is 12.1. The third kappa shape index (κ3) is 4.36. The zero-order valence-corrected chi connectivity index (χ0v) is 9.55. The molecule has 0 unspecified atom stereocenters. The molecular weight excluding hydrogens is 193 g/mol. The molecule has 1 aliphatic rings. The molecule has 3 heteroatoms. The maximum atomic E-state index is 12.5. The van der Waals surface area contributed by atoms with Gasteiger partial charge < -0.3 is 10.1 Å². The van der Waals surface area contributed by atoms with Gasteiger partial charge in [-0.3, -0.25) is 0 Å². The number of allylic oxidation sites excluding steroid dienone is 2. The Kier molecular flexibility index (Phi) is 5.22. The van der Waals surface area contributed by atoms with Crippen molar-refractivity contribution in [2.45, 2.75) is 38.8 Å². The summed E-state index contributed by atoms with van der Waals surface area (Å²) in [6.45, 7) is 2.18. The van der Waals surface area contributed by atoms with Gasteiger partial charge in [0.25, 0.3) is 0 Å². The highest BCUT2D eigenvalue weighted by atomic mass is 19.1. The number of rotatable bonds is 6. The lowest BCUT2D eigenvalue weighted by atomic mass is 10.1. The fourth-order valence-corrected chi connectivity index (χ4v) is 1.56. The van der Waals surface area contributed by atoms with Crippen molar-refractivity contribution in [3.05, 3.63) is 23.6 Å². The zero-order valence-electron chi connectivity index (χ0n) is 9.55. The standard InChI is InChI=1S/C12H20FNO/c1-10(13)6-5-9-15-12-8-4-3-7-11(12)14-2/h7-8,10,14H,3-6,9H2,1-2H3/t10-/m1/s1. The van der Waals surface area contributed by atoms with Gasteiger partial charge in [-0.05, 0) is 38.7 Å². The van der Waals surface area contributed by atoms with Gasteiger partial charge in [-0.15, -0.1) is 0 Å². The van der Waals surface area contributed by atoms with Gasteiger partial charge in [0.05, 0.1) is 18.5 Å². The van der Waals surface area contributed by atoms with E-state index in [1.54, 1.807) is 6.92 Å². The summed E-state index contributed by atoms with van der Waals surface area (Å²) in [5, 5.41) is 3.10. The molecule has 0 amide bonds. The van der Waals surface area contributed by atoms with Gasteiger partial charge in [0.15, 0.2) is 0 Å². The van der Waals surface area contributed by atoms with E-state index in [2.05, 4.69) is 17.5 Å². The van der Waals surface area contributed by atoms with Gasteiger partial charge >= 0.3 is 0 Å². The molecular formula is C12H20FNO. The Labute approximate surface area is 91.2 Å². The van der Waals surface area contributed by atoms with Gasteiger partial charge in [0, 0.05) is 7.05 Å². The van der Waals surface area contributed by atoms with E-state index in [1.807, 2.05) is 7.05 Å². The van der Waals surface area contributed by atoms with E-state index < -0.39 is 6.17 Å². The Morgan fingerprint density at radius 3 is 2.87 bits per heavy atom. The van der Waals surface area contributed by atoms with Crippen molar-refractivity contribution in [3.63, 3.8) is 0 Å². The van der Waals surface area contributed by atoms with Crippen molar-refractivity contribution in [2.24, 2.45) is 0 Å². The summed E-state index contributed by atoms with van der Waals surface area (Å²) in [6, 6.07) is 0. The van der Waals surface area contributed by atoms with Gasteiger partial charge in [0.2, 0.25) is 0 Å². The van der Waals surface area contributed by atoms with E-state index >= 15 is 0 Å². The number of hydrogen-bond donors (Lipinski definition) is 1. The van der Waals surface area contributed by atoms with Crippen LogP contribution in [0.15, 0.2) is 23.6 Å². The van der Waals surface area contributed by atoms with Crippen LogP contribution in [0.3, 0.4) is 0 Å². The molecule has 0 radical (unpaired) electrons. The quantitative estimate of drug-likeness (QED) is 0.685. The van der Waals surface area contributed by atoms with Crippen molar-refractivity contribution in [1.82, 2.24) is 5.32 Å². The summed E-state index contributed by atoms with van der Waals surface area (Å²) >= 11 is 0. The number of ether oxygens (including phenoxy) is 1. The lowest BCUT2D eigenvalue weighted by Gasteiger charge is -2.16. The molecule has 0 heterocycles. The van der Waals surface area contributed by atoms with Crippen molar-refractivity contribution >= 4 is 0 Å². The number of hydrogen-bond acceptors (Lipinski definition) is 2. The highest BCUT2D eigenvalue weighted by molar-refractivity contribution is 5.26. The lowest BCUT2D eigenvalue weighted by molar-refractivity contribution is 0.196. The molecule has 15 heavy (non-hydrogen) atoms. The molecule has 1 atom stereocenters. The number of likely N-dealkylation sites (N-methyl/N-ethyl adjacent to an activating group) is 1. The third-order valence-corrected chi connectivity index (χ3v) is 2.38. The van der Waals surface area contributed by atoms with Gasteiger partial charge in [-0.1, -0.05) is 6.08 Å². The van der Waals surface area contributed by atoms with Crippen molar-refractivity contribution in [2.75, 3.05) is 13.7 Å². The number of alkyl halides is 1. The van der Waals surface area contributed by atoms with Crippen LogP contribution in [0.5, 0.6) is 0 Å². The van der Waals surface area contributed by atoms with E-state index in [1.165, 1.54) is 0 Å². The first-order chi connectivity index (χ1) is 7.24. The minimum Gasteiger partial charge on any atom is -0.492 e. The fraction of sp³-hybridized carbons (Fsp3) is 0.667. The summed E-state index contributed by atoms with van der Waals surface area (Å²) in [5.41, 5.74) is 1.05. The second-order valence-corrected chi connectivity index (χ2v) is 3.78. The monoisotopic (exact) mass is 213 g/mol. The number of halogens is 1. The van der Waals surface area contributed by atoms with E-state index in [-0.39, 0.29) is 0 Å². The summed E-state index contributed by atoms with van der Waals surface area (Å²) in [4.78, 5) is 0. The molecule has 1 N–H and O–H groups in total. The molecule has 0 fully saturated rings. The summed E-state index contributed by atoms with van der Waals surface area (Å²) in [7, 11) is 1.89. The minimum absolute atomic E-state index is 0.575. The molecule has 0 saturated heterocycles. The molecule has 86 valence electrons. The fourth-order valence-electron chi connectivity index (χ4n) is 1.56. The molecule has 0 saturated carbocycles. The first-order valence-electron chi connectivity index (χ1n) is 5.59. The maximum Gasteiger partial charge on any atom is 0.138 e. The van der Waals surface area contributed by atoms with Crippen LogP contribution in [0.25, 0.3) is 0 Å². The summed E-state index contributed by atoms with van der Waals surface area (Å²) < 4.78 is 18.1. The Balaban J connectivity index is 2.25. The SMILES string of the molecule is CNC1=CCCC=C1OCCC[C@@H](C)F. The van der Waals surface area contributed by atoms with Crippen LogP contribution in [0.2, 0.25) is 0 Å². The van der Waals surface area contributed by atoms with Crippen LogP contribution >= 0.6 is 0 Å². The van der Waals surface area contributed by atoms with Crippen LogP contribution in [0.1, 0.15) is 32.6 Å². The largest absolute Gasteiger partial charge is 0.492 e. The van der Waals surface area contributed by atoms with Crippen molar-refractivity contribution in [1.29, 1.82) is 0 Å². The Morgan fingerprint density at radius 2 is 2.20 bits per heavy atom. The van der Waals surface area contributed by atoms with E-state index in [0.29, 0.717) is 13.0 Å². The van der Waals surface area contributed by atoms with Crippen LogP contribution in [-0.4, -0.2) is 19.8 Å². The van der Waals surface area contributed by atoms with Crippen LogP contribution in [-0.2, 0) is 4.74 Å². The van der Waals surface area contributed by atoms with Crippen LogP contribution in [0, 0.1) is 0 Å². The molecule has 0 aromatic heterocycles. The highest BCUT2D eigenvalue weighted by Crippen LogP contribution is 2.17. The Morgan fingerprint density at radius 1 is 1.47 bits per heavy atom. The minimum atomic E-state index is -0.728. The molecule has 0 aliphatic heterocycles. The first-order valence-corrected chi connectivity index (χ1v) is 5.59. The molecule has 0 aromatic rings. The predicted molar refractivity (Wildman–Crippen MR) is 60.2 cm³/mol.